The van der Waals surface area contributed by atoms with Crippen LogP contribution in [0.1, 0.15) is 12.8 Å². The van der Waals surface area contributed by atoms with Crippen molar-refractivity contribution < 1.29 is 14.6 Å². The zero-order chi connectivity index (χ0) is 9.26. The highest BCUT2D eigenvalue weighted by atomic mass is 16.5. The molecule has 0 unspecified atom stereocenters. The van der Waals surface area contributed by atoms with Crippen LogP contribution in [-0.4, -0.2) is 24.3 Å². The highest BCUT2D eigenvalue weighted by Crippen LogP contribution is 2.43. The van der Waals surface area contributed by atoms with Crippen LogP contribution in [-0.2, 0) is 9.53 Å². The summed E-state index contributed by atoms with van der Waals surface area (Å²) in [5.74, 6) is 0.917. The van der Waals surface area contributed by atoms with Gasteiger partial charge in [0.25, 0.3) is 0 Å². The normalized spacial score (nSPS) is 35.3. The maximum Gasteiger partial charge on any atom is 0.309 e. The molecule has 2 aliphatic carbocycles. The van der Waals surface area contributed by atoms with Crippen LogP contribution in [0.4, 0.5) is 0 Å². The number of aliphatic hydroxyl groups excluding tert-OH is 1. The number of hydrogen-bond acceptors (Lipinski definition) is 3. The van der Waals surface area contributed by atoms with E-state index in [2.05, 4.69) is 12.2 Å². The molecule has 0 aliphatic heterocycles. The minimum Gasteiger partial charge on any atom is -0.463 e. The molecule has 2 bridgehead atoms. The van der Waals surface area contributed by atoms with E-state index in [0.29, 0.717) is 11.8 Å². The highest BCUT2D eigenvalue weighted by molar-refractivity contribution is 5.74. The van der Waals surface area contributed by atoms with E-state index in [0.717, 1.165) is 12.8 Å². The Balaban J connectivity index is 1.88. The minimum absolute atomic E-state index is 0.0570. The molecule has 0 heterocycles. The van der Waals surface area contributed by atoms with Crippen molar-refractivity contribution in [1.82, 2.24) is 0 Å². The SMILES string of the molecule is O=C(OCCO)[C@H]1C[C@H]2C=C[C@H]1C2. The van der Waals surface area contributed by atoms with E-state index in [1.54, 1.807) is 0 Å². The predicted molar refractivity (Wildman–Crippen MR) is 46.9 cm³/mol. The minimum atomic E-state index is -0.133. The van der Waals surface area contributed by atoms with Crippen LogP contribution in [0.25, 0.3) is 0 Å². The molecule has 0 aromatic rings. The van der Waals surface area contributed by atoms with Crippen molar-refractivity contribution in [2.24, 2.45) is 17.8 Å². The maximum atomic E-state index is 11.4. The third-order valence-corrected chi connectivity index (χ3v) is 2.92. The first-order valence-electron chi connectivity index (χ1n) is 4.77. The molecule has 1 fully saturated rings. The van der Waals surface area contributed by atoms with E-state index in [-0.39, 0.29) is 25.1 Å². The Kier molecular flexibility index (Phi) is 2.36. The molecular formula is C10H14O3. The van der Waals surface area contributed by atoms with Gasteiger partial charge in [0.15, 0.2) is 0 Å². The summed E-state index contributed by atoms with van der Waals surface area (Å²) in [5, 5.41) is 8.50. The zero-order valence-electron chi connectivity index (χ0n) is 7.48. The Morgan fingerprint density at radius 3 is 2.85 bits per heavy atom. The molecule has 1 N–H and O–H groups in total. The van der Waals surface area contributed by atoms with Gasteiger partial charge in [0.2, 0.25) is 0 Å². The third-order valence-electron chi connectivity index (χ3n) is 2.92. The van der Waals surface area contributed by atoms with Crippen molar-refractivity contribution in [2.75, 3.05) is 13.2 Å². The number of ether oxygens (including phenoxy) is 1. The van der Waals surface area contributed by atoms with Crippen LogP contribution in [0.2, 0.25) is 0 Å². The van der Waals surface area contributed by atoms with Crippen LogP contribution in [0.3, 0.4) is 0 Å². The van der Waals surface area contributed by atoms with Gasteiger partial charge in [-0.15, -0.1) is 0 Å². The Bertz CT molecular complexity index is 234. The van der Waals surface area contributed by atoms with E-state index < -0.39 is 0 Å². The fourth-order valence-electron chi connectivity index (χ4n) is 2.31. The number of fused-ring (bicyclic) bond motifs is 2. The highest BCUT2D eigenvalue weighted by Gasteiger charge is 2.40. The molecule has 1 saturated carbocycles. The van der Waals surface area contributed by atoms with E-state index in [4.69, 9.17) is 9.84 Å². The van der Waals surface area contributed by atoms with E-state index in [1.165, 1.54) is 0 Å². The van der Waals surface area contributed by atoms with Crippen molar-refractivity contribution in [1.29, 1.82) is 0 Å². The number of esters is 1. The number of hydrogen-bond donors (Lipinski definition) is 1. The third kappa shape index (κ3) is 1.61. The number of aliphatic hydroxyl groups is 1. The summed E-state index contributed by atoms with van der Waals surface area (Å²) in [7, 11) is 0. The molecule has 3 atom stereocenters. The largest absolute Gasteiger partial charge is 0.463 e. The van der Waals surface area contributed by atoms with Crippen molar-refractivity contribution in [3.05, 3.63) is 12.2 Å². The monoisotopic (exact) mass is 182 g/mol. The van der Waals surface area contributed by atoms with Gasteiger partial charge in [-0.25, -0.2) is 0 Å². The lowest BCUT2D eigenvalue weighted by molar-refractivity contribution is -0.150. The molecule has 3 heteroatoms. The fourth-order valence-corrected chi connectivity index (χ4v) is 2.31. The van der Waals surface area contributed by atoms with E-state index in [1.807, 2.05) is 0 Å². The van der Waals surface area contributed by atoms with Gasteiger partial charge in [0.1, 0.15) is 6.61 Å². The summed E-state index contributed by atoms with van der Waals surface area (Å²) in [6.45, 7) is 0.0544. The van der Waals surface area contributed by atoms with Gasteiger partial charge in [0, 0.05) is 0 Å². The Morgan fingerprint density at radius 2 is 2.31 bits per heavy atom. The Labute approximate surface area is 77.4 Å². The fraction of sp³-hybridized carbons (Fsp3) is 0.700. The predicted octanol–water partition coefficient (Wildman–Crippen LogP) is 0.734. The summed E-state index contributed by atoms with van der Waals surface area (Å²) in [4.78, 5) is 11.4. The second-order valence-electron chi connectivity index (χ2n) is 3.78. The molecule has 0 amide bonds. The first-order chi connectivity index (χ1) is 6.31. The van der Waals surface area contributed by atoms with Gasteiger partial charge in [0.05, 0.1) is 12.5 Å². The lowest BCUT2D eigenvalue weighted by atomic mass is 9.94. The second kappa shape index (κ2) is 3.50. The Hall–Kier alpha value is -0.830. The van der Waals surface area contributed by atoms with Crippen molar-refractivity contribution >= 4 is 5.97 Å². The van der Waals surface area contributed by atoms with Crippen LogP contribution >= 0.6 is 0 Å². The van der Waals surface area contributed by atoms with Gasteiger partial charge in [-0.05, 0) is 24.7 Å². The van der Waals surface area contributed by atoms with Crippen molar-refractivity contribution in [2.45, 2.75) is 12.8 Å². The molecule has 2 rings (SSSR count). The zero-order valence-corrected chi connectivity index (χ0v) is 7.48. The van der Waals surface area contributed by atoms with Gasteiger partial charge in [-0.1, -0.05) is 12.2 Å². The molecule has 0 spiro atoms. The van der Waals surface area contributed by atoms with Crippen LogP contribution < -0.4 is 0 Å². The maximum absolute atomic E-state index is 11.4. The summed E-state index contributed by atoms with van der Waals surface area (Å²) in [6, 6.07) is 0. The summed E-state index contributed by atoms with van der Waals surface area (Å²) in [6.07, 6.45) is 6.36. The quantitative estimate of drug-likeness (QED) is 0.517. The van der Waals surface area contributed by atoms with Gasteiger partial charge >= 0.3 is 5.97 Å². The molecule has 72 valence electrons. The van der Waals surface area contributed by atoms with Crippen LogP contribution in [0.15, 0.2) is 12.2 Å². The summed E-state index contributed by atoms with van der Waals surface area (Å²) in [5.41, 5.74) is 0. The number of allylic oxidation sites excluding steroid dienone is 2. The van der Waals surface area contributed by atoms with Crippen molar-refractivity contribution in [3.8, 4) is 0 Å². The number of carbonyl (C=O) groups is 1. The average molecular weight is 182 g/mol. The molecule has 2 aliphatic rings. The lowest BCUT2D eigenvalue weighted by Gasteiger charge is -2.15. The Morgan fingerprint density at radius 1 is 1.46 bits per heavy atom. The molecule has 0 radical (unpaired) electrons. The van der Waals surface area contributed by atoms with Gasteiger partial charge < -0.3 is 9.84 Å². The molecule has 0 saturated heterocycles. The molecular weight excluding hydrogens is 168 g/mol. The first-order valence-corrected chi connectivity index (χ1v) is 4.77. The lowest BCUT2D eigenvalue weighted by Crippen LogP contribution is -2.22. The molecule has 3 nitrogen and oxygen atoms in total. The smallest absolute Gasteiger partial charge is 0.309 e. The van der Waals surface area contributed by atoms with Crippen molar-refractivity contribution in [3.63, 3.8) is 0 Å². The first kappa shape index (κ1) is 8.75. The summed E-state index contributed by atoms with van der Waals surface area (Å²) >= 11 is 0. The summed E-state index contributed by atoms with van der Waals surface area (Å²) < 4.78 is 4.90. The standard InChI is InChI=1S/C10H14O3/c11-3-4-13-10(12)9-6-7-1-2-8(9)5-7/h1-2,7-9,11H,3-6H2/t7-,8-,9-/m0/s1. The molecule has 0 aromatic heterocycles. The molecule has 0 aromatic carbocycles. The number of carbonyl (C=O) groups excluding carboxylic acids is 1. The second-order valence-corrected chi connectivity index (χ2v) is 3.78. The average Bonchev–Trinajstić information content (AvgIpc) is 2.74. The molecule has 13 heavy (non-hydrogen) atoms. The van der Waals surface area contributed by atoms with Crippen LogP contribution in [0.5, 0.6) is 0 Å². The van der Waals surface area contributed by atoms with Crippen LogP contribution in [0, 0.1) is 17.8 Å². The van der Waals surface area contributed by atoms with Gasteiger partial charge in [-0.2, -0.15) is 0 Å². The topological polar surface area (TPSA) is 46.5 Å². The van der Waals surface area contributed by atoms with E-state index >= 15 is 0 Å². The van der Waals surface area contributed by atoms with Gasteiger partial charge in [-0.3, -0.25) is 4.79 Å². The number of rotatable bonds is 3. The van der Waals surface area contributed by atoms with E-state index in [9.17, 15) is 4.79 Å².